The van der Waals surface area contributed by atoms with E-state index in [1.165, 1.54) is 24.3 Å². The summed E-state index contributed by atoms with van der Waals surface area (Å²) in [6.45, 7) is 0. The summed E-state index contributed by atoms with van der Waals surface area (Å²) in [4.78, 5) is 3.31. The maximum Gasteiger partial charge on any atom is 0.417 e. The lowest BCUT2D eigenvalue weighted by Gasteiger charge is -2.12. The highest BCUT2D eigenvalue weighted by atomic mass is 19.4. The molecule has 88 valence electrons. The number of nitrogens with zero attached hydrogens (tertiary/aromatic N) is 1. The van der Waals surface area contributed by atoms with E-state index in [0.717, 1.165) is 18.3 Å². The van der Waals surface area contributed by atoms with Gasteiger partial charge in [-0.25, -0.2) is 4.98 Å². The van der Waals surface area contributed by atoms with E-state index in [1.807, 2.05) is 0 Å². The van der Waals surface area contributed by atoms with E-state index in [9.17, 15) is 17.6 Å². The minimum absolute atomic E-state index is 0.0544. The van der Waals surface area contributed by atoms with Gasteiger partial charge < -0.3 is 0 Å². The van der Waals surface area contributed by atoms with Crippen molar-refractivity contribution in [3.8, 4) is 11.1 Å². The van der Waals surface area contributed by atoms with Gasteiger partial charge in [0.15, 0.2) is 0 Å². The van der Waals surface area contributed by atoms with Crippen LogP contribution in [-0.2, 0) is 6.18 Å². The average Bonchev–Trinajstić information content (AvgIpc) is 2.28. The molecule has 0 N–H and O–H groups in total. The zero-order valence-electron chi connectivity index (χ0n) is 8.50. The van der Waals surface area contributed by atoms with Crippen LogP contribution in [0.3, 0.4) is 0 Å². The Morgan fingerprint density at radius 2 is 1.71 bits per heavy atom. The molecule has 5 heteroatoms. The molecular formula is C12H7F4N. The van der Waals surface area contributed by atoms with Crippen LogP contribution in [0.1, 0.15) is 5.56 Å². The van der Waals surface area contributed by atoms with Crippen molar-refractivity contribution < 1.29 is 17.6 Å². The van der Waals surface area contributed by atoms with Gasteiger partial charge in [-0.1, -0.05) is 18.2 Å². The maximum absolute atomic E-state index is 12.9. The summed E-state index contributed by atoms with van der Waals surface area (Å²) in [6, 6.07) is 7.36. The van der Waals surface area contributed by atoms with Crippen molar-refractivity contribution in [3.05, 3.63) is 54.1 Å². The van der Waals surface area contributed by atoms with Gasteiger partial charge in [0.1, 0.15) is 0 Å². The highest BCUT2D eigenvalue weighted by Crippen LogP contribution is 2.36. The van der Waals surface area contributed by atoms with Crippen molar-refractivity contribution in [2.24, 2.45) is 0 Å². The van der Waals surface area contributed by atoms with Crippen LogP contribution in [0.25, 0.3) is 11.1 Å². The summed E-state index contributed by atoms with van der Waals surface area (Å²) in [6.07, 6.45) is -3.33. The number of hydrogen-bond acceptors (Lipinski definition) is 1. The van der Waals surface area contributed by atoms with Gasteiger partial charge in [0.2, 0.25) is 5.95 Å². The molecule has 2 rings (SSSR count). The Balaban J connectivity index is 2.60. The molecular weight excluding hydrogens is 234 g/mol. The normalized spacial score (nSPS) is 11.5. The van der Waals surface area contributed by atoms with Crippen molar-refractivity contribution >= 4 is 0 Å². The minimum atomic E-state index is -4.46. The molecule has 0 bridgehead atoms. The second-order valence-corrected chi connectivity index (χ2v) is 3.41. The average molecular weight is 241 g/mol. The molecule has 0 spiro atoms. The summed E-state index contributed by atoms with van der Waals surface area (Å²) in [5.74, 6) is -0.806. The van der Waals surface area contributed by atoms with E-state index in [-0.39, 0.29) is 11.1 Å². The fourth-order valence-electron chi connectivity index (χ4n) is 1.55. The van der Waals surface area contributed by atoms with Gasteiger partial charge in [-0.05, 0) is 23.3 Å². The largest absolute Gasteiger partial charge is 0.417 e. The van der Waals surface area contributed by atoms with Crippen molar-refractivity contribution in [1.29, 1.82) is 0 Å². The Labute approximate surface area is 94.7 Å². The van der Waals surface area contributed by atoms with E-state index in [2.05, 4.69) is 4.98 Å². The molecule has 0 unspecified atom stereocenters. The monoisotopic (exact) mass is 241 g/mol. The van der Waals surface area contributed by atoms with Gasteiger partial charge in [-0.15, -0.1) is 0 Å². The number of aromatic nitrogens is 1. The summed E-state index contributed by atoms with van der Waals surface area (Å²) in [7, 11) is 0. The number of halogens is 4. The molecule has 1 heterocycles. The van der Waals surface area contributed by atoms with Crippen LogP contribution in [-0.4, -0.2) is 4.98 Å². The van der Waals surface area contributed by atoms with E-state index < -0.39 is 17.7 Å². The third kappa shape index (κ3) is 2.43. The highest BCUT2D eigenvalue weighted by Gasteiger charge is 2.33. The number of rotatable bonds is 1. The molecule has 0 aliphatic heterocycles. The van der Waals surface area contributed by atoms with Crippen molar-refractivity contribution in [2.75, 3.05) is 0 Å². The third-order valence-corrected chi connectivity index (χ3v) is 2.27. The number of alkyl halides is 3. The summed E-state index contributed by atoms with van der Waals surface area (Å²) in [5, 5.41) is 0. The SMILES string of the molecule is Fc1cc(-c2ccccc2C(F)(F)F)ccn1. The fraction of sp³-hybridized carbons (Fsp3) is 0.0833. The summed E-state index contributed by atoms with van der Waals surface area (Å²) in [5.41, 5.74) is -0.683. The standard InChI is InChI=1S/C12H7F4N/c13-11-7-8(5-6-17-11)9-3-1-2-4-10(9)12(14,15)16/h1-7H. The Bertz CT molecular complexity index is 534. The molecule has 1 nitrogen and oxygen atoms in total. The zero-order valence-corrected chi connectivity index (χ0v) is 8.50. The second kappa shape index (κ2) is 4.16. The predicted molar refractivity (Wildman–Crippen MR) is 54.6 cm³/mol. The van der Waals surface area contributed by atoms with Crippen LogP contribution in [0.2, 0.25) is 0 Å². The van der Waals surface area contributed by atoms with E-state index >= 15 is 0 Å². The van der Waals surface area contributed by atoms with Gasteiger partial charge in [0.05, 0.1) is 5.56 Å². The Morgan fingerprint density at radius 1 is 1.00 bits per heavy atom. The van der Waals surface area contributed by atoms with Crippen molar-refractivity contribution in [2.45, 2.75) is 6.18 Å². The molecule has 0 atom stereocenters. The second-order valence-electron chi connectivity index (χ2n) is 3.41. The lowest BCUT2D eigenvalue weighted by molar-refractivity contribution is -0.137. The topological polar surface area (TPSA) is 12.9 Å². The van der Waals surface area contributed by atoms with Crippen LogP contribution in [0.15, 0.2) is 42.6 Å². The molecule has 0 amide bonds. The fourth-order valence-corrected chi connectivity index (χ4v) is 1.55. The van der Waals surface area contributed by atoms with Gasteiger partial charge in [-0.2, -0.15) is 17.6 Å². The first-order valence-corrected chi connectivity index (χ1v) is 4.76. The van der Waals surface area contributed by atoms with Crippen molar-refractivity contribution in [3.63, 3.8) is 0 Å². The summed E-state index contributed by atoms with van der Waals surface area (Å²) < 4.78 is 51.1. The Hall–Kier alpha value is -1.91. The maximum atomic E-state index is 12.9. The first-order valence-electron chi connectivity index (χ1n) is 4.76. The van der Waals surface area contributed by atoms with Gasteiger partial charge in [-0.3, -0.25) is 0 Å². The lowest BCUT2D eigenvalue weighted by Crippen LogP contribution is -2.06. The minimum Gasteiger partial charge on any atom is -0.228 e. The molecule has 0 fully saturated rings. The van der Waals surface area contributed by atoms with Crippen LogP contribution < -0.4 is 0 Å². The molecule has 0 saturated heterocycles. The number of hydrogen-bond donors (Lipinski definition) is 0. The molecule has 1 aromatic carbocycles. The zero-order chi connectivity index (χ0) is 12.5. The van der Waals surface area contributed by atoms with Gasteiger partial charge in [0, 0.05) is 12.3 Å². The molecule has 0 aliphatic carbocycles. The first kappa shape index (κ1) is 11.6. The molecule has 0 radical (unpaired) electrons. The van der Waals surface area contributed by atoms with Crippen LogP contribution in [0.5, 0.6) is 0 Å². The van der Waals surface area contributed by atoms with Crippen LogP contribution in [0, 0.1) is 5.95 Å². The molecule has 0 saturated carbocycles. The first-order chi connectivity index (χ1) is 7.98. The molecule has 0 aliphatic rings. The third-order valence-electron chi connectivity index (χ3n) is 2.27. The molecule has 2 aromatic rings. The predicted octanol–water partition coefficient (Wildman–Crippen LogP) is 3.91. The molecule has 17 heavy (non-hydrogen) atoms. The van der Waals surface area contributed by atoms with Crippen LogP contribution >= 0.6 is 0 Å². The Kier molecular flexibility index (Phi) is 2.83. The van der Waals surface area contributed by atoms with E-state index in [1.54, 1.807) is 0 Å². The van der Waals surface area contributed by atoms with Crippen molar-refractivity contribution in [1.82, 2.24) is 4.98 Å². The summed E-state index contributed by atoms with van der Waals surface area (Å²) >= 11 is 0. The smallest absolute Gasteiger partial charge is 0.228 e. The molecule has 1 aromatic heterocycles. The highest BCUT2D eigenvalue weighted by molar-refractivity contribution is 5.67. The number of benzene rings is 1. The van der Waals surface area contributed by atoms with Gasteiger partial charge in [0.25, 0.3) is 0 Å². The van der Waals surface area contributed by atoms with E-state index in [4.69, 9.17) is 0 Å². The van der Waals surface area contributed by atoms with Crippen LogP contribution in [0.4, 0.5) is 17.6 Å². The van der Waals surface area contributed by atoms with Gasteiger partial charge >= 0.3 is 6.18 Å². The van der Waals surface area contributed by atoms with E-state index in [0.29, 0.717) is 0 Å². The number of pyridine rings is 1. The Morgan fingerprint density at radius 3 is 2.35 bits per heavy atom. The lowest BCUT2D eigenvalue weighted by atomic mass is 10.0. The quantitative estimate of drug-likeness (QED) is 0.545.